The van der Waals surface area contributed by atoms with Crippen molar-refractivity contribution < 1.29 is 0 Å². The molecule has 1 saturated carbocycles. The molecule has 0 radical (unpaired) electrons. The van der Waals surface area contributed by atoms with Crippen molar-refractivity contribution in [3.05, 3.63) is 33.7 Å². The second-order valence-corrected chi connectivity index (χ2v) is 6.01. The summed E-state index contributed by atoms with van der Waals surface area (Å²) in [5, 5.41) is 3.39. The molecule has 0 unspecified atom stereocenters. The van der Waals surface area contributed by atoms with Gasteiger partial charge in [0, 0.05) is 36.3 Å². The van der Waals surface area contributed by atoms with Crippen molar-refractivity contribution in [3.63, 3.8) is 0 Å². The van der Waals surface area contributed by atoms with Gasteiger partial charge in [-0.25, -0.2) is 0 Å². The first-order chi connectivity index (χ1) is 7.89. The third-order valence-corrected chi connectivity index (χ3v) is 3.31. The number of hydrogen-bond acceptors (Lipinski definition) is 2. The van der Waals surface area contributed by atoms with E-state index < -0.39 is 0 Å². The average molecular weight is 234 g/mol. The van der Waals surface area contributed by atoms with E-state index in [1.165, 1.54) is 12.8 Å². The number of hydrogen-bond donors (Lipinski definition) is 1. The minimum Gasteiger partial charge on any atom is -0.315 e. The predicted molar refractivity (Wildman–Crippen MR) is 70.2 cm³/mol. The smallest absolute Gasteiger partial charge is 0.255 e. The molecule has 1 aliphatic carbocycles. The molecule has 0 atom stereocenters. The van der Waals surface area contributed by atoms with E-state index in [0.29, 0.717) is 12.6 Å². The van der Waals surface area contributed by atoms with Crippen LogP contribution in [0.25, 0.3) is 0 Å². The third-order valence-electron chi connectivity index (χ3n) is 3.31. The molecule has 0 amide bonds. The Balaban J connectivity index is 2.25. The van der Waals surface area contributed by atoms with E-state index in [-0.39, 0.29) is 11.0 Å². The summed E-state index contributed by atoms with van der Waals surface area (Å²) in [5.41, 5.74) is 2.09. The molecule has 3 heteroatoms. The molecule has 3 nitrogen and oxygen atoms in total. The number of nitrogens with zero attached hydrogens (tertiary/aromatic N) is 1. The Labute approximate surface area is 103 Å². The highest BCUT2D eigenvalue weighted by Crippen LogP contribution is 2.21. The quantitative estimate of drug-likeness (QED) is 0.867. The molecule has 1 aromatic heterocycles. The van der Waals surface area contributed by atoms with Crippen LogP contribution >= 0.6 is 0 Å². The molecule has 1 heterocycles. The van der Waals surface area contributed by atoms with Crippen LogP contribution in [0.1, 0.15) is 44.9 Å². The lowest BCUT2D eigenvalue weighted by Gasteiger charge is -2.22. The molecular weight excluding hydrogens is 212 g/mol. The molecule has 1 fully saturated rings. The fourth-order valence-electron chi connectivity index (χ4n) is 2.12. The first-order valence-corrected chi connectivity index (χ1v) is 6.32. The zero-order valence-corrected chi connectivity index (χ0v) is 11.2. The minimum absolute atomic E-state index is 0.0103. The Kier molecular flexibility index (Phi) is 3.13. The molecule has 1 N–H and O–H groups in total. The standard InChI is InChI=1S/C14H22N2O/c1-14(2,3)12-8-5-10(13(17)16(12)4)9-15-11-6-7-11/h5,8,11,15H,6-7,9H2,1-4H3. The van der Waals surface area contributed by atoms with Crippen LogP contribution < -0.4 is 10.9 Å². The molecule has 0 bridgehead atoms. The summed E-state index contributed by atoms with van der Waals surface area (Å²) in [7, 11) is 1.86. The lowest BCUT2D eigenvalue weighted by atomic mass is 9.91. The van der Waals surface area contributed by atoms with Crippen LogP contribution in [-0.2, 0) is 19.0 Å². The highest BCUT2D eigenvalue weighted by atomic mass is 16.1. The maximum atomic E-state index is 12.2. The Morgan fingerprint density at radius 1 is 1.35 bits per heavy atom. The van der Waals surface area contributed by atoms with Gasteiger partial charge in [-0.2, -0.15) is 0 Å². The Bertz CT molecular complexity index is 464. The van der Waals surface area contributed by atoms with Crippen LogP contribution in [0, 0.1) is 0 Å². The monoisotopic (exact) mass is 234 g/mol. The van der Waals surface area contributed by atoms with E-state index in [0.717, 1.165) is 11.3 Å². The first kappa shape index (κ1) is 12.4. The largest absolute Gasteiger partial charge is 0.315 e. The van der Waals surface area contributed by atoms with Crippen molar-refractivity contribution in [1.82, 2.24) is 9.88 Å². The van der Waals surface area contributed by atoms with Crippen LogP contribution in [0.5, 0.6) is 0 Å². The zero-order chi connectivity index (χ0) is 12.6. The average Bonchev–Trinajstić information content (AvgIpc) is 3.02. The Hall–Kier alpha value is -1.09. The van der Waals surface area contributed by atoms with Crippen molar-refractivity contribution in [2.45, 2.75) is 51.6 Å². The van der Waals surface area contributed by atoms with Crippen molar-refractivity contribution in [3.8, 4) is 0 Å². The van der Waals surface area contributed by atoms with Crippen molar-refractivity contribution >= 4 is 0 Å². The van der Waals surface area contributed by atoms with Gasteiger partial charge >= 0.3 is 0 Å². The summed E-state index contributed by atoms with van der Waals surface area (Å²) in [6.45, 7) is 7.08. The van der Waals surface area contributed by atoms with E-state index in [1.54, 1.807) is 4.57 Å². The van der Waals surface area contributed by atoms with E-state index in [2.05, 4.69) is 32.2 Å². The molecule has 0 saturated heterocycles. The zero-order valence-electron chi connectivity index (χ0n) is 11.2. The van der Waals surface area contributed by atoms with Gasteiger partial charge in [0.25, 0.3) is 5.56 Å². The minimum atomic E-state index is 0.0103. The van der Waals surface area contributed by atoms with Gasteiger partial charge in [0.2, 0.25) is 0 Å². The fourth-order valence-corrected chi connectivity index (χ4v) is 2.12. The van der Waals surface area contributed by atoms with Gasteiger partial charge in [-0.1, -0.05) is 26.8 Å². The first-order valence-electron chi connectivity index (χ1n) is 6.32. The van der Waals surface area contributed by atoms with Gasteiger partial charge in [0.15, 0.2) is 0 Å². The highest BCUT2D eigenvalue weighted by molar-refractivity contribution is 5.21. The molecule has 94 valence electrons. The van der Waals surface area contributed by atoms with Crippen molar-refractivity contribution in [2.75, 3.05) is 0 Å². The SMILES string of the molecule is Cn1c(C(C)(C)C)ccc(CNC2CC2)c1=O. The lowest BCUT2D eigenvalue weighted by molar-refractivity contribution is 0.527. The Morgan fingerprint density at radius 3 is 2.53 bits per heavy atom. The summed E-state index contributed by atoms with van der Waals surface area (Å²) in [6.07, 6.45) is 2.50. The van der Waals surface area contributed by atoms with Gasteiger partial charge in [-0.15, -0.1) is 0 Å². The number of rotatable bonds is 3. The van der Waals surface area contributed by atoms with E-state index in [1.807, 2.05) is 13.1 Å². The van der Waals surface area contributed by atoms with Gasteiger partial charge < -0.3 is 9.88 Å². The van der Waals surface area contributed by atoms with Crippen LogP contribution in [0.15, 0.2) is 16.9 Å². The molecule has 17 heavy (non-hydrogen) atoms. The molecule has 0 aliphatic heterocycles. The van der Waals surface area contributed by atoms with Crippen molar-refractivity contribution in [1.29, 1.82) is 0 Å². The molecule has 2 rings (SSSR count). The number of aromatic nitrogens is 1. The molecule has 1 aliphatic rings. The van der Waals surface area contributed by atoms with Gasteiger partial charge in [0.05, 0.1) is 0 Å². The van der Waals surface area contributed by atoms with Crippen LogP contribution in [0.3, 0.4) is 0 Å². The summed E-state index contributed by atoms with van der Waals surface area (Å²) >= 11 is 0. The fraction of sp³-hybridized carbons (Fsp3) is 0.643. The molecule has 1 aromatic rings. The number of nitrogens with one attached hydrogen (secondary N) is 1. The van der Waals surface area contributed by atoms with Crippen molar-refractivity contribution in [2.24, 2.45) is 7.05 Å². The van der Waals surface area contributed by atoms with E-state index >= 15 is 0 Å². The summed E-state index contributed by atoms with van der Waals surface area (Å²) in [5.74, 6) is 0. The van der Waals surface area contributed by atoms with Gasteiger partial charge in [0.1, 0.15) is 0 Å². The van der Waals surface area contributed by atoms with Gasteiger partial charge in [-0.3, -0.25) is 4.79 Å². The third kappa shape index (κ3) is 2.78. The second-order valence-electron chi connectivity index (χ2n) is 6.01. The molecular formula is C14H22N2O. The maximum absolute atomic E-state index is 12.2. The molecule has 0 aromatic carbocycles. The second kappa shape index (κ2) is 4.30. The van der Waals surface area contributed by atoms with E-state index in [9.17, 15) is 4.79 Å². The molecule has 0 spiro atoms. The Morgan fingerprint density at radius 2 is 2.00 bits per heavy atom. The van der Waals surface area contributed by atoms with Crippen LogP contribution in [0.4, 0.5) is 0 Å². The summed E-state index contributed by atoms with van der Waals surface area (Å²) in [6, 6.07) is 4.69. The summed E-state index contributed by atoms with van der Waals surface area (Å²) < 4.78 is 1.78. The maximum Gasteiger partial charge on any atom is 0.255 e. The van der Waals surface area contributed by atoms with Crippen LogP contribution in [0.2, 0.25) is 0 Å². The predicted octanol–water partition coefficient (Wildman–Crippen LogP) is 1.93. The number of pyridine rings is 1. The lowest BCUT2D eigenvalue weighted by Crippen LogP contribution is -2.31. The normalized spacial score (nSPS) is 16.2. The highest BCUT2D eigenvalue weighted by Gasteiger charge is 2.22. The van der Waals surface area contributed by atoms with Gasteiger partial charge in [-0.05, 0) is 18.9 Å². The van der Waals surface area contributed by atoms with E-state index in [4.69, 9.17) is 0 Å². The summed E-state index contributed by atoms with van der Waals surface area (Å²) in [4.78, 5) is 12.2. The topological polar surface area (TPSA) is 34.0 Å². The van der Waals surface area contributed by atoms with Crippen LogP contribution in [-0.4, -0.2) is 10.6 Å².